The lowest BCUT2D eigenvalue weighted by Crippen LogP contribution is -2.35. The second-order valence-corrected chi connectivity index (χ2v) is 8.31. The fourth-order valence-corrected chi connectivity index (χ4v) is 4.17. The number of amides is 2. The van der Waals surface area contributed by atoms with E-state index in [1.807, 2.05) is 36.4 Å². The number of carboxylic acids is 1. The van der Waals surface area contributed by atoms with Gasteiger partial charge in [0.15, 0.2) is 0 Å². The number of carboxylic acid groups (broad SMARTS) is 1. The molecule has 0 aliphatic heterocycles. The Bertz CT molecular complexity index is 1230. The topological polar surface area (TPSA) is 114 Å². The van der Waals surface area contributed by atoms with Gasteiger partial charge in [0, 0.05) is 18.5 Å². The van der Waals surface area contributed by atoms with Crippen molar-refractivity contribution in [2.24, 2.45) is 5.92 Å². The number of carbonyl (C=O) groups excluding carboxylic acids is 2. The van der Waals surface area contributed by atoms with Crippen LogP contribution >= 0.6 is 0 Å². The Kier molecular flexibility index (Phi) is 7.01. The molecule has 2 amide bonds. The average molecular weight is 475 g/mol. The number of fused-ring (bicyclic) bond motifs is 3. The number of benzene rings is 3. The highest BCUT2D eigenvalue weighted by molar-refractivity contribution is 6.01. The van der Waals surface area contributed by atoms with Crippen molar-refractivity contribution in [2.75, 3.05) is 25.6 Å². The minimum atomic E-state index is -1.17. The van der Waals surface area contributed by atoms with E-state index in [2.05, 4.69) is 22.8 Å². The molecule has 35 heavy (non-hydrogen) atoms. The maximum absolute atomic E-state index is 12.6. The largest absolute Gasteiger partial charge is 0.497 e. The van der Waals surface area contributed by atoms with Crippen molar-refractivity contribution >= 4 is 23.7 Å². The van der Waals surface area contributed by atoms with Gasteiger partial charge in [-0.25, -0.2) is 9.59 Å². The van der Waals surface area contributed by atoms with E-state index >= 15 is 0 Å². The molecule has 3 aromatic rings. The van der Waals surface area contributed by atoms with Gasteiger partial charge in [-0.05, 0) is 34.4 Å². The molecule has 0 spiro atoms. The number of nitrogens with one attached hydrogen (secondary N) is 2. The van der Waals surface area contributed by atoms with Crippen LogP contribution in [0.25, 0.3) is 11.1 Å². The molecule has 0 aromatic heterocycles. The summed E-state index contributed by atoms with van der Waals surface area (Å²) >= 11 is 0. The van der Waals surface area contributed by atoms with E-state index in [0.717, 1.165) is 22.3 Å². The molecule has 1 atom stereocenters. The summed E-state index contributed by atoms with van der Waals surface area (Å²) in [6.45, 7) is 1.82. The summed E-state index contributed by atoms with van der Waals surface area (Å²) in [6.07, 6.45) is -0.626. The number of methoxy groups -OCH3 is 1. The molecule has 8 nitrogen and oxygen atoms in total. The smallest absolute Gasteiger partial charge is 0.407 e. The van der Waals surface area contributed by atoms with Crippen molar-refractivity contribution in [1.29, 1.82) is 0 Å². The molecule has 3 aromatic carbocycles. The lowest BCUT2D eigenvalue weighted by molar-refractivity contribution is -0.119. The molecule has 180 valence electrons. The zero-order chi connectivity index (χ0) is 24.9. The standard InChI is InChI=1S/C27H26N2O6/c1-16(25(30)29-24-13-17(34-2)11-12-22(24)26(31)32)14-28-27(33)35-15-23-20-9-5-3-7-18(20)19-8-4-6-10-21(19)23/h3-13,16,23H,14-15H2,1-2H3,(H,28,33)(H,29,30)(H,31,32). The number of anilines is 1. The molecular formula is C27H26N2O6. The number of hydrogen-bond acceptors (Lipinski definition) is 5. The summed E-state index contributed by atoms with van der Waals surface area (Å²) in [6, 6.07) is 20.4. The fraction of sp³-hybridized carbons (Fsp3) is 0.222. The quantitative estimate of drug-likeness (QED) is 0.443. The number of alkyl carbamates (subject to hydrolysis) is 1. The van der Waals surface area contributed by atoms with Crippen molar-refractivity contribution in [1.82, 2.24) is 5.32 Å². The number of hydrogen-bond donors (Lipinski definition) is 3. The summed E-state index contributed by atoms with van der Waals surface area (Å²) in [4.78, 5) is 36.4. The first-order valence-corrected chi connectivity index (χ1v) is 11.2. The maximum Gasteiger partial charge on any atom is 0.407 e. The molecule has 1 aliphatic carbocycles. The molecular weight excluding hydrogens is 448 g/mol. The van der Waals surface area contributed by atoms with Gasteiger partial charge >= 0.3 is 12.1 Å². The normalized spacial score (nSPS) is 12.7. The van der Waals surface area contributed by atoms with Gasteiger partial charge in [-0.2, -0.15) is 0 Å². The first-order chi connectivity index (χ1) is 16.9. The molecule has 0 saturated heterocycles. The Labute approximate surface area is 202 Å². The van der Waals surface area contributed by atoms with E-state index in [1.54, 1.807) is 6.92 Å². The predicted molar refractivity (Wildman–Crippen MR) is 131 cm³/mol. The zero-order valence-electron chi connectivity index (χ0n) is 19.4. The highest BCUT2D eigenvalue weighted by Crippen LogP contribution is 2.44. The van der Waals surface area contributed by atoms with Crippen molar-refractivity contribution in [2.45, 2.75) is 12.8 Å². The second kappa shape index (κ2) is 10.3. The van der Waals surface area contributed by atoms with E-state index < -0.39 is 23.9 Å². The molecule has 3 N–H and O–H groups in total. The van der Waals surface area contributed by atoms with E-state index in [9.17, 15) is 19.5 Å². The Balaban J connectivity index is 1.33. The Morgan fingerprint density at radius 1 is 0.971 bits per heavy atom. The predicted octanol–water partition coefficient (Wildman–Crippen LogP) is 4.51. The molecule has 0 fully saturated rings. The lowest BCUT2D eigenvalue weighted by Gasteiger charge is -2.17. The van der Waals surface area contributed by atoms with E-state index in [4.69, 9.17) is 9.47 Å². The van der Waals surface area contributed by atoms with Crippen LogP contribution in [0.15, 0.2) is 66.7 Å². The summed E-state index contributed by atoms with van der Waals surface area (Å²) in [5.41, 5.74) is 4.57. The first-order valence-electron chi connectivity index (χ1n) is 11.2. The molecule has 0 bridgehead atoms. The summed E-state index contributed by atoms with van der Waals surface area (Å²) in [5.74, 6) is -1.90. The summed E-state index contributed by atoms with van der Waals surface area (Å²) in [7, 11) is 1.45. The van der Waals surface area contributed by atoms with Crippen LogP contribution in [0.3, 0.4) is 0 Å². The van der Waals surface area contributed by atoms with Crippen LogP contribution < -0.4 is 15.4 Å². The molecule has 1 aliphatic rings. The van der Waals surface area contributed by atoms with Gasteiger partial charge in [-0.3, -0.25) is 4.79 Å². The average Bonchev–Trinajstić information content (AvgIpc) is 3.19. The van der Waals surface area contributed by atoms with Crippen LogP contribution in [0.2, 0.25) is 0 Å². The third-order valence-electron chi connectivity index (χ3n) is 6.06. The van der Waals surface area contributed by atoms with E-state index in [-0.39, 0.29) is 30.3 Å². The van der Waals surface area contributed by atoms with Crippen LogP contribution in [0.4, 0.5) is 10.5 Å². The molecule has 0 heterocycles. The molecule has 0 radical (unpaired) electrons. The third kappa shape index (κ3) is 5.11. The van der Waals surface area contributed by atoms with Crippen LogP contribution in [-0.2, 0) is 9.53 Å². The molecule has 1 unspecified atom stereocenters. The Morgan fingerprint density at radius 2 is 1.60 bits per heavy atom. The van der Waals surface area contributed by atoms with Gasteiger partial charge in [0.2, 0.25) is 5.91 Å². The number of ether oxygens (including phenoxy) is 2. The van der Waals surface area contributed by atoms with Gasteiger partial charge in [0.1, 0.15) is 12.4 Å². The number of carbonyl (C=O) groups is 3. The summed E-state index contributed by atoms with van der Waals surface area (Å²) < 4.78 is 10.6. The first kappa shape index (κ1) is 23.8. The van der Waals surface area contributed by atoms with Crippen LogP contribution in [0.5, 0.6) is 5.75 Å². The highest BCUT2D eigenvalue weighted by atomic mass is 16.5. The highest BCUT2D eigenvalue weighted by Gasteiger charge is 2.29. The van der Waals surface area contributed by atoms with Crippen molar-refractivity contribution in [3.05, 3.63) is 83.4 Å². The SMILES string of the molecule is COc1ccc(C(=O)O)c(NC(=O)C(C)CNC(=O)OCC2c3ccccc3-c3ccccc32)c1. The van der Waals surface area contributed by atoms with Crippen molar-refractivity contribution < 1.29 is 29.0 Å². The van der Waals surface area contributed by atoms with Crippen molar-refractivity contribution in [3.63, 3.8) is 0 Å². The fourth-order valence-electron chi connectivity index (χ4n) is 4.17. The number of rotatable bonds is 8. The van der Waals surface area contributed by atoms with Crippen LogP contribution in [-0.4, -0.2) is 43.3 Å². The van der Waals surface area contributed by atoms with Crippen LogP contribution in [0.1, 0.15) is 34.3 Å². The zero-order valence-corrected chi connectivity index (χ0v) is 19.4. The van der Waals surface area contributed by atoms with Gasteiger partial charge < -0.3 is 25.2 Å². The van der Waals surface area contributed by atoms with Crippen LogP contribution in [0, 0.1) is 5.92 Å². The minimum Gasteiger partial charge on any atom is -0.497 e. The van der Waals surface area contributed by atoms with Gasteiger partial charge in [0.05, 0.1) is 24.3 Å². The minimum absolute atomic E-state index is 0.0227. The Hall–Kier alpha value is -4.33. The van der Waals surface area contributed by atoms with Crippen molar-refractivity contribution in [3.8, 4) is 16.9 Å². The lowest BCUT2D eigenvalue weighted by atomic mass is 9.98. The third-order valence-corrected chi connectivity index (χ3v) is 6.06. The van der Waals surface area contributed by atoms with E-state index in [0.29, 0.717) is 5.75 Å². The molecule has 4 rings (SSSR count). The monoisotopic (exact) mass is 474 g/mol. The summed E-state index contributed by atoms with van der Waals surface area (Å²) in [5, 5.41) is 14.6. The maximum atomic E-state index is 12.6. The van der Waals surface area contributed by atoms with E-state index in [1.165, 1.54) is 25.3 Å². The number of aromatic carboxylic acids is 1. The molecule has 0 saturated carbocycles. The van der Waals surface area contributed by atoms with Gasteiger partial charge in [-0.1, -0.05) is 55.5 Å². The molecule has 8 heteroatoms. The van der Waals surface area contributed by atoms with Gasteiger partial charge in [-0.15, -0.1) is 0 Å². The Morgan fingerprint density at radius 3 is 2.20 bits per heavy atom. The van der Waals surface area contributed by atoms with Gasteiger partial charge in [0.25, 0.3) is 0 Å². The second-order valence-electron chi connectivity index (χ2n) is 8.31.